The Labute approximate surface area is 170 Å². The fourth-order valence-corrected chi connectivity index (χ4v) is 2.71. The van der Waals surface area contributed by atoms with E-state index < -0.39 is 34.9 Å². The highest BCUT2D eigenvalue weighted by atomic mass is 16.4. The van der Waals surface area contributed by atoms with E-state index in [0.717, 1.165) is 12.1 Å². The molecule has 8 heteroatoms. The number of hydrogen-bond donors (Lipinski definition) is 2. The molecule has 0 bridgehead atoms. The molecule has 0 fully saturated rings. The number of amides is 2. The molecule has 0 radical (unpaired) electrons. The molecule has 0 aliphatic carbocycles. The summed E-state index contributed by atoms with van der Waals surface area (Å²) in [5.74, 6) is -4.66. The van der Waals surface area contributed by atoms with Crippen LogP contribution in [0.4, 0.5) is 11.4 Å². The van der Waals surface area contributed by atoms with Crippen molar-refractivity contribution in [3.8, 4) is 0 Å². The molecule has 0 aromatic heterocycles. The molecule has 0 heterocycles. The maximum atomic E-state index is 12.4. The third-order valence-electron chi connectivity index (χ3n) is 4.17. The van der Waals surface area contributed by atoms with E-state index in [4.69, 9.17) is 0 Å². The summed E-state index contributed by atoms with van der Waals surface area (Å²) < 4.78 is 0. The lowest BCUT2D eigenvalue weighted by atomic mass is 10.0. The average Bonchev–Trinajstić information content (AvgIpc) is 2.74. The highest BCUT2D eigenvalue weighted by Crippen LogP contribution is 2.26. The van der Waals surface area contributed by atoms with Crippen molar-refractivity contribution < 1.29 is 29.4 Å². The predicted octanol–water partition coefficient (Wildman–Crippen LogP) is 0.918. The first-order valence-electron chi connectivity index (χ1n) is 8.70. The van der Waals surface area contributed by atoms with Gasteiger partial charge in [0.15, 0.2) is 0 Å². The van der Waals surface area contributed by atoms with Crippen molar-refractivity contribution in [1.82, 2.24) is 0 Å². The predicted molar refractivity (Wildman–Crippen MR) is 104 cm³/mol. The number of benzene rings is 3. The number of aromatic carboxylic acids is 2. The van der Waals surface area contributed by atoms with Crippen LogP contribution in [0.25, 0.3) is 0 Å². The molecule has 30 heavy (non-hydrogen) atoms. The Morgan fingerprint density at radius 3 is 1.27 bits per heavy atom. The second-order valence-electron chi connectivity index (χ2n) is 6.16. The van der Waals surface area contributed by atoms with E-state index in [2.05, 4.69) is 10.6 Å². The number of nitrogens with one attached hydrogen (secondary N) is 2. The van der Waals surface area contributed by atoms with Gasteiger partial charge in [-0.2, -0.15) is 0 Å². The SMILES string of the molecule is O=C(Nc1cc(NC(=O)c2ccccc2)c(C(=O)[O-])cc1C(=O)[O-])c1ccccc1. The van der Waals surface area contributed by atoms with Crippen molar-refractivity contribution in [1.29, 1.82) is 0 Å². The summed E-state index contributed by atoms with van der Waals surface area (Å²) >= 11 is 0. The number of carbonyl (C=O) groups excluding carboxylic acids is 4. The molecule has 8 nitrogen and oxygen atoms in total. The van der Waals surface area contributed by atoms with Crippen LogP contribution in [0.15, 0.2) is 72.8 Å². The van der Waals surface area contributed by atoms with Crippen molar-refractivity contribution in [3.05, 3.63) is 95.1 Å². The van der Waals surface area contributed by atoms with Crippen LogP contribution in [-0.4, -0.2) is 23.8 Å². The molecule has 0 aliphatic heterocycles. The number of carboxylic acid groups (broad SMARTS) is 2. The molecule has 0 saturated heterocycles. The van der Waals surface area contributed by atoms with Gasteiger partial charge in [0.1, 0.15) is 0 Å². The lowest BCUT2D eigenvalue weighted by Crippen LogP contribution is -2.29. The summed E-state index contributed by atoms with van der Waals surface area (Å²) in [6.45, 7) is 0. The zero-order valence-electron chi connectivity index (χ0n) is 15.4. The molecule has 3 aromatic carbocycles. The molecule has 2 amide bonds. The van der Waals surface area contributed by atoms with Gasteiger partial charge in [-0.05, 0) is 36.4 Å². The van der Waals surface area contributed by atoms with E-state index in [1.54, 1.807) is 36.4 Å². The Kier molecular flexibility index (Phi) is 5.88. The van der Waals surface area contributed by atoms with Crippen LogP contribution in [-0.2, 0) is 0 Å². The standard InChI is InChI=1S/C22H16N2O6/c25-19(13-7-3-1-4-8-13)23-17-12-18(16(22(29)30)11-15(17)21(27)28)24-20(26)14-9-5-2-6-10-14/h1-12H,(H,23,25)(H,24,26)(H,27,28)(H,29,30)/p-2. The third-order valence-corrected chi connectivity index (χ3v) is 4.17. The largest absolute Gasteiger partial charge is 0.545 e. The van der Waals surface area contributed by atoms with E-state index in [1.165, 1.54) is 24.3 Å². The van der Waals surface area contributed by atoms with E-state index in [9.17, 15) is 29.4 Å². The topological polar surface area (TPSA) is 138 Å². The summed E-state index contributed by atoms with van der Waals surface area (Å²) in [7, 11) is 0. The van der Waals surface area contributed by atoms with Gasteiger partial charge >= 0.3 is 0 Å². The number of carboxylic acids is 2. The molecule has 0 atom stereocenters. The lowest BCUT2D eigenvalue weighted by Gasteiger charge is -2.19. The number of hydrogen-bond acceptors (Lipinski definition) is 6. The first kappa shape index (κ1) is 20.3. The molecular weight excluding hydrogens is 388 g/mol. The fourth-order valence-electron chi connectivity index (χ4n) is 2.71. The number of rotatable bonds is 6. The fraction of sp³-hybridized carbons (Fsp3) is 0. The van der Waals surface area contributed by atoms with Gasteiger partial charge in [-0.25, -0.2) is 0 Å². The van der Waals surface area contributed by atoms with Crippen molar-refractivity contribution in [2.75, 3.05) is 10.6 Å². The van der Waals surface area contributed by atoms with Crippen LogP contribution in [0.5, 0.6) is 0 Å². The molecule has 150 valence electrons. The Morgan fingerprint density at radius 2 is 0.933 bits per heavy atom. The average molecular weight is 402 g/mol. The smallest absolute Gasteiger partial charge is 0.255 e. The Bertz CT molecular complexity index is 1040. The van der Waals surface area contributed by atoms with Crippen LogP contribution in [0, 0.1) is 0 Å². The van der Waals surface area contributed by atoms with Crippen LogP contribution in [0.2, 0.25) is 0 Å². The monoisotopic (exact) mass is 402 g/mol. The number of anilines is 2. The Balaban J connectivity index is 2.02. The maximum Gasteiger partial charge on any atom is 0.255 e. The molecular formula is C22H14N2O6-2. The van der Waals surface area contributed by atoms with Crippen LogP contribution in [0.3, 0.4) is 0 Å². The van der Waals surface area contributed by atoms with Crippen LogP contribution < -0.4 is 20.8 Å². The number of carbonyl (C=O) groups is 4. The molecule has 2 N–H and O–H groups in total. The van der Waals surface area contributed by atoms with Crippen molar-refractivity contribution >= 4 is 35.1 Å². The van der Waals surface area contributed by atoms with E-state index >= 15 is 0 Å². The first-order chi connectivity index (χ1) is 14.4. The highest BCUT2D eigenvalue weighted by molar-refractivity contribution is 6.12. The Morgan fingerprint density at radius 1 is 0.567 bits per heavy atom. The zero-order valence-corrected chi connectivity index (χ0v) is 15.4. The molecule has 3 aromatic rings. The van der Waals surface area contributed by atoms with E-state index in [1.807, 2.05) is 0 Å². The second-order valence-corrected chi connectivity index (χ2v) is 6.16. The minimum absolute atomic E-state index is 0.239. The molecule has 0 unspecified atom stereocenters. The van der Waals surface area contributed by atoms with E-state index in [-0.39, 0.29) is 22.5 Å². The van der Waals surface area contributed by atoms with Gasteiger partial charge in [0.05, 0.1) is 23.3 Å². The van der Waals surface area contributed by atoms with Gasteiger partial charge in [-0.3, -0.25) is 9.59 Å². The van der Waals surface area contributed by atoms with Crippen molar-refractivity contribution in [3.63, 3.8) is 0 Å². The maximum absolute atomic E-state index is 12.4. The summed E-state index contributed by atoms with van der Waals surface area (Å²) in [4.78, 5) is 47.9. The first-order valence-corrected chi connectivity index (χ1v) is 8.70. The third kappa shape index (κ3) is 4.50. The quantitative estimate of drug-likeness (QED) is 0.629. The van der Waals surface area contributed by atoms with Crippen LogP contribution >= 0.6 is 0 Å². The summed E-state index contributed by atoms with van der Waals surface area (Å²) in [6.07, 6.45) is 0. The summed E-state index contributed by atoms with van der Waals surface area (Å²) in [5.41, 5.74) is -1.12. The minimum atomic E-state index is -1.71. The second kappa shape index (κ2) is 8.70. The summed E-state index contributed by atoms with van der Waals surface area (Å²) in [6, 6.07) is 17.8. The lowest BCUT2D eigenvalue weighted by molar-refractivity contribution is -0.255. The minimum Gasteiger partial charge on any atom is -0.545 e. The normalized spacial score (nSPS) is 10.1. The highest BCUT2D eigenvalue weighted by Gasteiger charge is 2.17. The van der Waals surface area contributed by atoms with Gasteiger partial charge < -0.3 is 30.4 Å². The van der Waals surface area contributed by atoms with Crippen LogP contribution in [0.1, 0.15) is 41.4 Å². The summed E-state index contributed by atoms with van der Waals surface area (Å²) in [5, 5.41) is 27.8. The molecule has 0 saturated carbocycles. The van der Waals surface area contributed by atoms with Gasteiger partial charge in [0.2, 0.25) is 0 Å². The van der Waals surface area contributed by atoms with Gasteiger partial charge in [0, 0.05) is 22.3 Å². The zero-order chi connectivity index (χ0) is 21.7. The van der Waals surface area contributed by atoms with Crippen molar-refractivity contribution in [2.24, 2.45) is 0 Å². The molecule has 3 rings (SSSR count). The Hall–Kier alpha value is -4.46. The van der Waals surface area contributed by atoms with Gasteiger partial charge in [0.25, 0.3) is 11.8 Å². The molecule has 0 spiro atoms. The van der Waals surface area contributed by atoms with E-state index in [0.29, 0.717) is 0 Å². The van der Waals surface area contributed by atoms with Gasteiger partial charge in [-0.15, -0.1) is 0 Å². The molecule has 0 aliphatic rings. The van der Waals surface area contributed by atoms with Crippen molar-refractivity contribution in [2.45, 2.75) is 0 Å². The van der Waals surface area contributed by atoms with Gasteiger partial charge in [-0.1, -0.05) is 36.4 Å².